The predicted octanol–water partition coefficient (Wildman–Crippen LogP) is 8.90. The van der Waals surface area contributed by atoms with Gasteiger partial charge in [-0.05, 0) is 115 Å². The van der Waals surface area contributed by atoms with Crippen molar-refractivity contribution in [2.45, 2.75) is 110 Å². The van der Waals surface area contributed by atoms with Gasteiger partial charge >= 0.3 is 12.2 Å². The summed E-state index contributed by atoms with van der Waals surface area (Å²) >= 11 is 17.6. The molecule has 0 unspecified atom stereocenters. The molecule has 13 nitrogen and oxygen atoms in total. The van der Waals surface area contributed by atoms with Gasteiger partial charge in [0, 0.05) is 33.9 Å². The third kappa shape index (κ3) is 10.6. The highest BCUT2D eigenvalue weighted by Gasteiger charge is 2.34. The molecule has 1 aliphatic carbocycles. The molecule has 55 heavy (non-hydrogen) atoms. The Bertz CT molecular complexity index is 2030. The minimum atomic E-state index is -0.591. The van der Waals surface area contributed by atoms with Crippen LogP contribution in [-0.4, -0.2) is 75.6 Å². The molecular weight excluding hydrogens is 763 g/mol. The highest BCUT2D eigenvalue weighted by Crippen LogP contribution is 2.37. The third-order valence-corrected chi connectivity index (χ3v) is 9.65. The van der Waals surface area contributed by atoms with E-state index in [2.05, 4.69) is 30.0 Å². The van der Waals surface area contributed by atoms with Gasteiger partial charge in [0.25, 0.3) is 0 Å². The molecule has 2 amide bonds. The zero-order chi connectivity index (χ0) is 39.5. The molecule has 4 heterocycles. The Morgan fingerprint density at radius 2 is 1.42 bits per heavy atom. The summed E-state index contributed by atoms with van der Waals surface area (Å²) < 4.78 is 19.2. The Morgan fingerprint density at radius 3 is 2.05 bits per heavy atom. The summed E-state index contributed by atoms with van der Waals surface area (Å²) in [7, 11) is 0. The summed E-state index contributed by atoms with van der Waals surface area (Å²) in [5.74, 6) is 2.47. The van der Waals surface area contributed by atoms with Gasteiger partial charge in [-0.15, -0.1) is 10.2 Å². The van der Waals surface area contributed by atoms with Crippen LogP contribution in [0.5, 0.6) is 5.88 Å². The number of thiocarbonyl (C=S) groups is 1. The molecule has 2 aromatic heterocycles. The first-order chi connectivity index (χ1) is 26.0. The lowest BCUT2D eigenvalue weighted by molar-refractivity contribution is 0.0212. The van der Waals surface area contributed by atoms with Crippen LogP contribution >= 0.6 is 35.4 Å². The molecule has 0 bridgehead atoms. The maximum Gasteiger partial charge on any atom is 0.411 e. The molecule has 0 spiro atoms. The molecule has 4 aromatic rings. The van der Waals surface area contributed by atoms with Gasteiger partial charge in [0.2, 0.25) is 5.88 Å². The molecule has 1 N–H and O–H groups in total. The van der Waals surface area contributed by atoms with Gasteiger partial charge in [-0.2, -0.15) is 0 Å². The summed E-state index contributed by atoms with van der Waals surface area (Å²) in [5, 5.41) is 13.5. The monoisotopic (exact) mass is 808 g/mol. The molecule has 1 fully saturated rings. The van der Waals surface area contributed by atoms with Gasteiger partial charge in [-0.3, -0.25) is 14.4 Å². The van der Waals surface area contributed by atoms with Crippen molar-refractivity contribution >= 4 is 58.3 Å². The van der Waals surface area contributed by atoms with Crippen LogP contribution in [0.4, 0.5) is 15.3 Å². The Balaban J connectivity index is 0.000000219. The number of carbonyl (C=O) groups is 2. The number of halogens is 2. The number of benzene rings is 2. The van der Waals surface area contributed by atoms with Gasteiger partial charge in [0.05, 0.1) is 36.9 Å². The number of hydrogen-bond donors (Lipinski definition) is 1. The summed E-state index contributed by atoms with van der Waals surface area (Å²) in [6.45, 7) is 12.5. The second kappa shape index (κ2) is 16.7. The Hall–Kier alpha value is -4.53. The molecule has 0 saturated heterocycles. The van der Waals surface area contributed by atoms with Crippen LogP contribution in [0.25, 0.3) is 5.69 Å². The maximum absolute atomic E-state index is 13.0. The molecular formula is C39H46Cl2N8O5S. The van der Waals surface area contributed by atoms with Crippen LogP contribution in [0.3, 0.4) is 0 Å². The molecule has 0 atom stereocenters. The normalized spacial score (nSPS) is 18.2. The van der Waals surface area contributed by atoms with E-state index >= 15 is 0 Å². The summed E-state index contributed by atoms with van der Waals surface area (Å²) in [5.41, 5.74) is 2.56. The highest BCUT2D eigenvalue weighted by atomic mass is 35.5. The first kappa shape index (κ1) is 40.1. The second-order valence-corrected chi connectivity index (χ2v) is 17.1. The van der Waals surface area contributed by atoms with Gasteiger partial charge in [-0.1, -0.05) is 35.4 Å². The number of fused-ring (bicyclic) bond motifs is 4. The van der Waals surface area contributed by atoms with Crippen molar-refractivity contribution in [2.75, 3.05) is 11.9 Å². The molecule has 2 aliphatic heterocycles. The zero-order valence-electron chi connectivity index (χ0n) is 31.8. The van der Waals surface area contributed by atoms with Crippen LogP contribution < -0.4 is 10.1 Å². The fourth-order valence-corrected chi connectivity index (χ4v) is 7.25. The lowest BCUT2D eigenvalue weighted by atomic mass is 9.86. The van der Waals surface area contributed by atoms with E-state index in [1.54, 1.807) is 28.1 Å². The number of carbonyl (C=O) groups excluding carboxylic acids is 2. The van der Waals surface area contributed by atoms with E-state index in [4.69, 9.17) is 49.6 Å². The Morgan fingerprint density at radius 1 is 0.800 bits per heavy atom. The number of amides is 2. The number of ether oxygens (including phenoxy) is 3. The van der Waals surface area contributed by atoms with Gasteiger partial charge in [0.1, 0.15) is 29.5 Å². The van der Waals surface area contributed by atoms with Crippen LogP contribution in [-0.2, 0) is 29.1 Å². The minimum Gasteiger partial charge on any atom is -0.474 e. The second-order valence-electron chi connectivity index (χ2n) is 15.7. The molecule has 1 saturated carbocycles. The number of anilines is 1. The minimum absolute atomic E-state index is 0.112. The van der Waals surface area contributed by atoms with E-state index in [1.165, 1.54) is 6.33 Å². The van der Waals surface area contributed by atoms with E-state index in [0.717, 1.165) is 54.0 Å². The average molecular weight is 810 g/mol. The Labute approximate surface area is 336 Å². The first-order valence-corrected chi connectivity index (χ1v) is 19.4. The molecule has 2 aromatic carbocycles. The number of nitrogens with one attached hydrogen (secondary N) is 1. The van der Waals surface area contributed by atoms with Crippen LogP contribution in [0.2, 0.25) is 10.0 Å². The smallest absolute Gasteiger partial charge is 0.411 e. The summed E-state index contributed by atoms with van der Waals surface area (Å²) in [6.07, 6.45) is 6.17. The fraction of sp³-hybridized carbons (Fsp3) is 0.462. The van der Waals surface area contributed by atoms with Gasteiger partial charge in [0.15, 0.2) is 5.82 Å². The van der Waals surface area contributed by atoms with Crippen molar-refractivity contribution in [3.8, 4) is 11.6 Å². The molecule has 0 radical (unpaired) electrons. The van der Waals surface area contributed by atoms with E-state index in [1.807, 2.05) is 71.9 Å². The van der Waals surface area contributed by atoms with Crippen molar-refractivity contribution in [1.29, 1.82) is 0 Å². The standard InChI is InChI=1S/C25H29ClN6O3.C14H17ClN2O2S/c1-25(2,3)35-24(33)31-13-17-12-18(26)6-9-20(17)32-21(14-31)29-30-23(32)16-4-7-19(8-5-16)34-22-10-11-27-15-28-22;1-14(2,3)19-13(18)17-7-9-6-10(15)4-5-11(9)16-12(20)8-17/h6,9-12,15-16,19H,4-5,7-8,13-14H2,1-3H3;4-6H,7-8H2,1-3H3,(H,16,20). The Kier molecular flexibility index (Phi) is 12.2. The lowest BCUT2D eigenvalue weighted by Crippen LogP contribution is -2.38. The van der Waals surface area contributed by atoms with E-state index in [9.17, 15) is 9.59 Å². The predicted molar refractivity (Wildman–Crippen MR) is 214 cm³/mol. The lowest BCUT2D eigenvalue weighted by Gasteiger charge is -2.28. The highest BCUT2D eigenvalue weighted by molar-refractivity contribution is 7.80. The van der Waals surface area contributed by atoms with Crippen molar-refractivity contribution in [2.24, 2.45) is 0 Å². The molecule has 292 valence electrons. The van der Waals surface area contributed by atoms with E-state index in [0.29, 0.717) is 52.9 Å². The SMILES string of the molecule is CC(C)(C)OC(=O)N1CC(=S)Nc2ccc(Cl)cc2C1.CC(C)(C)OC(=O)N1Cc2cc(Cl)ccc2-n2c(nnc2C2CCC(Oc3ccncn3)CC2)C1. The van der Waals surface area contributed by atoms with Crippen molar-refractivity contribution in [1.82, 2.24) is 34.5 Å². The van der Waals surface area contributed by atoms with Crippen LogP contribution in [0.1, 0.15) is 95.9 Å². The number of nitrogens with zero attached hydrogens (tertiary/aromatic N) is 7. The van der Waals surface area contributed by atoms with Crippen molar-refractivity contribution in [3.05, 3.63) is 87.8 Å². The number of rotatable bonds is 3. The van der Waals surface area contributed by atoms with Gasteiger partial charge < -0.3 is 19.5 Å². The van der Waals surface area contributed by atoms with E-state index in [-0.39, 0.29) is 24.2 Å². The zero-order valence-corrected chi connectivity index (χ0v) is 34.2. The topological polar surface area (TPSA) is 137 Å². The average Bonchev–Trinajstić information content (AvgIpc) is 3.33. The van der Waals surface area contributed by atoms with Crippen LogP contribution in [0, 0.1) is 0 Å². The molecule has 16 heteroatoms. The molecule has 7 rings (SSSR count). The first-order valence-electron chi connectivity index (χ1n) is 18.2. The molecule has 3 aliphatic rings. The number of hydrogen-bond acceptors (Lipinski definition) is 10. The van der Waals surface area contributed by atoms with Crippen molar-refractivity contribution < 1.29 is 23.8 Å². The fourth-order valence-electron chi connectivity index (χ4n) is 6.60. The maximum atomic E-state index is 13.0. The van der Waals surface area contributed by atoms with Crippen LogP contribution in [0.15, 0.2) is 55.0 Å². The number of aromatic nitrogens is 5. The van der Waals surface area contributed by atoms with Crippen molar-refractivity contribution in [3.63, 3.8) is 0 Å². The summed E-state index contributed by atoms with van der Waals surface area (Å²) in [6, 6.07) is 13.0. The van der Waals surface area contributed by atoms with E-state index < -0.39 is 11.2 Å². The van der Waals surface area contributed by atoms with Gasteiger partial charge in [-0.25, -0.2) is 19.6 Å². The largest absolute Gasteiger partial charge is 0.474 e. The summed E-state index contributed by atoms with van der Waals surface area (Å²) in [4.78, 5) is 37.1. The quantitative estimate of drug-likeness (QED) is 0.199. The third-order valence-electron chi connectivity index (χ3n) is 8.95.